The molecule has 2 aromatic rings. The van der Waals surface area contributed by atoms with Crippen molar-refractivity contribution in [1.29, 1.82) is 0 Å². The van der Waals surface area contributed by atoms with Crippen LogP contribution in [-0.4, -0.2) is 12.2 Å². The summed E-state index contributed by atoms with van der Waals surface area (Å²) in [5, 5.41) is 10.7. The molecule has 0 aliphatic heterocycles. The average Bonchev–Trinajstić information content (AvgIpc) is 2.38. The number of benzene rings is 2. The highest BCUT2D eigenvalue weighted by Crippen LogP contribution is 2.26. The fourth-order valence-corrected chi connectivity index (χ4v) is 1.97. The molecule has 0 atom stereocenters. The van der Waals surface area contributed by atoms with Crippen molar-refractivity contribution in [3.63, 3.8) is 0 Å². The molecule has 4 nitrogen and oxygen atoms in total. The summed E-state index contributed by atoms with van der Waals surface area (Å²) in [6, 6.07) is 9.47. The lowest BCUT2D eigenvalue weighted by molar-refractivity contribution is 0.297. The molecule has 5 heteroatoms. The van der Waals surface area contributed by atoms with E-state index in [2.05, 4.69) is 0 Å². The number of nitrogens with zero attached hydrogens (tertiary/aromatic N) is 1. The van der Waals surface area contributed by atoms with E-state index in [9.17, 15) is 9.50 Å². The quantitative estimate of drug-likeness (QED) is 0.666. The van der Waals surface area contributed by atoms with E-state index in [1.165, 1.54) is 17.1 Å². The average molecular weight is 276 g/mol. The van der Waals surface area contributed by atoms with E-state index in [0.717, 1.165) is 5.56 Å². The van der Waals surface area contributed by atoms with E-state index in [1.54, 1.807) is 31.3 Å². The second-order valence-corrected chi connectivity index (χ2v) is 4.59. The van der Waals surface area contributed by atoms with Crippen LogP contribution in [0.1, 0.15) is 11.1 Å². The second kappa shape index (κ2) is 5.79. The van der Waals surface area contributed by atoms with Gasteiger partial charge in [0.15, 0.2) is 0 Å². The van der Waals surface area contributed by atoms with Crippen LogP contribution in [0.3, 0.4) is 0 Å². The summed E-state index contributed by atoms with van der Waals surface area (Å²) in [7, 11) is 1.64. The minimum Gasteiger partial charge on any atom is -0.508 e. The number of phenols is 1. The van der Waals surface area contributed by atoms with Gasteiger partial charge < -0.3 is 14.9 Å². The first kappa shape index (κ1) is 14.1. The summed E-state index contributed by atoms with van der Waals surface area (Å²) in [4.78, 5) is 0. The van der Waals surface area contributed by atoms with Gasteiger partial charge in [0.1, 0.15) is 23.9 Å². The van der Waals surface area contributed by atoms with Gasteiger partial charge in [0.05, 0.1) is 5.69 Å². The summed E-state index contributed by atoms with van der Waals surface area (Å²) < 4.78 is 19.5. The molecule has 0 saturated heterocycles. The molecule has 3 N–H and O–H groups in total. The van der Waals surface area contributed by atoms with Crippen molar-refractivity contribution in [2.24, 2.45) is 5.84 Å². The summed E-state index contributed by atoms with van der Waals surface area (Å²) in [6.07, 6.45) is 0. The third-order valence-electron chi connectivity index (χ3n) is 3.00. The first-order chi connectivity index (χ1) is 9.49. The van der Waals surface area contributed by atoms with Crippen molar-refractivity contribution < 1.29 is 14.2 Å². The standard InChI is InChI=1S/C15H17FN2O2/c1-10-8-11(19)6-7-15(10)20-9-12-13(16)4-3-5-14(12)18(2)17/h3-8,19H,9,17H2,1-2H3. The summed E-state index contributed by atoms with van der Waals surface area (Å²) in [5.74, 6) is 6.08. The molecule has 0 amide bonds. The van der Waals surface area contributed by atoms with E-state index >= 15 is 0 Å². The van der Waals surface area contributed by atoms with Gasteiger partial charge in [-0.25, -0.2) is 10.2 Å². The predicted octanol–water partition coefficient (Wildman–Crippen LogP) is 2.73. The Bertz CT molecular complexity index is 615. The van der Waals surface area contributed by atoms with E-state index in [-0.39, 0.29) is 18.2 Å². The van der Waals surface area contributed by atoms with Crippen LogP contribution in [0.5, 0.6) is 11.5 Å². The molecule has 0 fully saturated rings. The van der Waals surface area contributed by atoms with Crippen molar-refractivity contribution in [1.82, 2.24) is 0 Å². The van der Waals surface area contributed by atoms with E-state index in [1.807, 2.05) is 6.92 Å². The number of aromatic hydroxyl groups is 1. The second-order valence-electron chi connectivity index (χ2n) is 4.59. The highest BCUT2D eigenvalue weighted by atomic mass is 19.1. The topological polar surface area (TPSA) is 58.7 Å². The maximum Gasteiger partial charge on any atom is 0.131 e. The number of rotatable bonds is 4. The van der Waals surface area contributed by atoms with Crippen molar-refractivity contribution in [2.45, 2.75) is 13.5 Å². The van der Waals surface area contributed by atoms with Crippen molar-refractivity contribution in [3.05, 3.63) is 53.3 Å². The Balaban J connectivity index is 2.23. The SMILES string of the molecule is Cc1cc(O)ccc1OCc1c(F)cccc1N(C)N. The Kier molecular flexibility index (Phi) is 4.10. The first-order valence-corrected chi connectivity index (χ1v) is 6.17. The first-order valence-electron chi connectivity index (χ1n) is 6.17. The lowest BCUT2D eigenvalue weighted by Crippen LogP contribution is -2.27. The Hall–Kier alpha value is -2.27. The molecular formula is C15H17FN2O2. The number of phenolic OH excluding ortho intramolecular Hbond substituents is 1. The molecule has 0 aromatic heterocycles. The van der Waals surface area contributed by atoms with Crippen LogP contribution in [0.2, 0.25) is 0 Å². The smallest absolute Gasteiger partial charge is 0.131 e. The maximum absolute atomic E-state index is 13.9. The molecule has 0 unspecified atom stereocenters. The van der Waals surface area contributed by atoms with Gasteiger partial charge in [-0.15, -0.1) is 0 Å². The van der Waals surface area contributed by atoms with Gasteiger partial charge in [0, 0.05) is 12.6 Å². The van der Waals surface area contributed by atoms with Crippen LogP contribution in [0.4, 0.5) is 10.1 Å². The molecule has 20 heavy (non-hydrogen) atoms. The van der Waals surface area contributed by atoms with Gasteiger partial charge in [0.25, 0.3) is 0 Å². The minimum absolute atomic E-state index is 0.0646. The van der Waals surface area contributed by atoms with E-state index in [0.29, 0.717) is 17.0 Å². The number of halogens is 1. The van der Waals surface area contributed by atoms with E-state index in [4.69, 9.17) is 10.6 Å². The summed E-state index contributed by atoms with van der Waals surface area (Å²) in [5.41, 5.74) is 1.75. The molecule has 0 spiro atoms. The molecule has 0 radical (unpaired) electrons. The van der Waals surface area contributed by atoms with Crippen LogP contribution in [-0.2, 0) is 6.61 Å². The number of aryl methyl sites for hydroxylation is 1. The van der Waals surface area contributed by atoms with Gasteiger partial charge in [-0.1, -0.05) is 6.07 Å². The number of ether oxygens (including phenoxy) is 1. The molecule has 106 valence electrons. The van der Waals surface area contributed by atoms with Gasteiger partial charge in [-0.05, 0) is 42.8 Å². The minimum atomic E-state index is -0.365. The fourth-order valence-electron chi connectivity index (χ4n) is 1.97. The Morgan fingerprint density at radius 1 is 1.30 bits per heavy atom. The summed E-state index contributed by atoms with van der Waals surface area (Å²) >= 11 is 0. The number of anilines is 1. The predicted molar refractivity (Wildman–Crippen MR) is 76.2 cm³/mol. The fraction of sp³-hybridized carbons (Fsp3) is 0.200. The highest BCUT2D eigenvalue weighted by Gasteiger charge is 2.12. The normalized spacial score (nSPS) is 10.4. The van der Waals surface area contributed by atoms with Gasteiger partial charge in [-0.3, -0.25) is 0 Å². The van der Waals surface area contributed by atoms with Gasteiger partial charge in [-0.2, -0.15) is 0 Å². The number of hydrazine groups is 1. The maximum atomic E-state index is 13.9. The highest BCUT2D eigenvalue weighted by molar-refractivity contribution is 5.52. The van der Waals surface area contributed by atoms with Crippen molar-refractivity contribution in [3.8, 4) is 11.5 Å². The third kappa shape index (κ3) is 3.00. The Labute approximate surface area is 117 Å². The van der Waals surface area contributed by atoms with Crippen molar-refractivity contribution in [2.75, 3.05) is 12.1 Å². The van der Waals surface area contributed by atoms with Crippen LogP contribution < -0.4 is 15.6 Å². The number of hydrogen-bond acceptors (Lipinski definition) is 4. The lowest BCUT2D eigenvalue weighted by Gasteiger charge is -2.18. The molecule has 0 aliphatic rings. The molecule has 2 aromatic carbocycles. The van der Waals surface area contributed by atoms with Crippen LogP contribution >= 0.6 is 0 Å². The zero-order valence-electron chi connectivity index (χ0n) is 11.4. The van der Waals surface area contributed by atoms with E-state index < -0.39 is 0 Å². The lowest BCUT2D eigenvalue weighted by atomic mass is 10.1. The molecule has 0 bridgehead atoms. The number of hydrogen-bond donors (Lipinski definition) is 2. The van der Waals surface area contributed by atoms with Gasteiger partial charge >= 0.3 is 0 Å². The molecule has 0 aliphatic carbocycles. The Morgan fingerprint density at radius 2 is 2.05 bits per heavy atom. The molecule has 0 saturated carbocycles. The zero-order chi connectivity index (χ0) is 14.7. The largest absolute Gasteiger partial charge is 0.508 e. The van der Waals surface area contributed by atoms with Crippen LogP contribution in [0.15, 0.2) is 36.4 Å². The van der Waals surface area contributed by atoms with Gasteiger partial charge in [0.2, 0.25) is 0 Å². The van der Waals surface area contributed by atoms with Crippen LogP contribution in [0.25, 0.3) is 0 Å². The van der Waals surface area contributed by atoms with Crippen LogP contribution in [0, 0.1) is 12.7 Å². The molecule has 0 heterocycles. The Morgan fingerprint density at radius 3 is 2.70 bits per heavy atom. The van der Waals surface area contributed by atoms with Crippen molar-refractivity contribution >= 4 is 5.69 Å². The molecule has 2 rings (SSSR count). The monoisotopic (exact) mass is 276 g/mol. The number of nitrogens with two attached hydrogens (primary N) is 1. The third-order valence-corrected chi connectivity index (χ3v) is 3.00. The summed E-state index contributed by atoms with van der Waals surface area (Å²) in [6.45, 7) is 1.88. The molecular weight excluding hydrogens is 259 g/mol. The zero-order valence-corrected chi connectivity index (χ0v) is 11.4.